The van der Waals surface area contributed by atoms with Gasteiger partial charge in [0.05, 0.1) is 12.1 Å². The average Bonchev–Trinajstić information content (AvgIpc) is 2.33. The highest BCUT2D eigenvalue weighted by atomic mass is 32.2. The first-order valence-electron chi connectivity index (χ1n) is 6.35. The molecule has 0 aliphatic heterocycles. The fourth-order valence-corrected chi connectivity index (χ4v) is 3.25. The molecule has 7 heteroatoms. The first-order chi connectivity index (χ1) is 9.63. The lowest BCUT2D eigenvalue weighted by Crippen LogP contribution is -2.43. The molecule has 0 heterocycles. The van der Waals surface area contributed by atoms with Crippen LogP contribution in [-0.2, 0) is 10.0 Å². The molecule has 0 aromatic heterocycles. The second kappa shape index (κ2) is 6.52. The van der Waals surface area contributed by atoms with Crippen LogP contribution in [-0.4, -0.2) is 20.5 Å². The molecule has 21 heavy (non-hydrogen) atoms. The summed E-state index contributed by atoms with van der Waals surface area (Å²) in [4.78, 5) is -0.661. The van der Waals surface area contributed by atoms with E-state index in [2.05, 4.69) is 16.6 Å². The van der Waals surface area contributed by atoms with Gasteiger partial charge in [-0.25, -0.2) is 21.9 Å². The van der Waals surface area contributed by atoms with Crippen molar-refractivity contribution in [3.8, 4) is 11.8 Å². The fraction of sp³-hybridized carbons (Fsp3) is 0.429. The van der Waals surface area contributed by atoms with E-state index < -0.39 is 32.1 Å². The molecule has 1 aromatic carbocycles. The predicted molar refractivity (Wildman–Crippen MR) is 77.0 cm³/mol. The molecule has 0 unspecified atom stereocenters. The molecule has 0 spiro atoms. The van der Waals surface area contributed by atoms with Crippen LogP contribution >= 0.6 is 0 Å². The lowest BCUT2D eigenvalue weighted by atomic mass is 10.0. The summed E-state index contributed by atoms with van der Waals surface area (Å²) in [5.74, 6) is 2.71. The summed E-state index contributed by atoms with van der Waals surface area (Å²) in [6.07, 6.45) is 0.499. The van der Waals surface area contributed by atoms with Crippen molar-refractivity contribution in [1.82, 2.24) is 4.72 Å². The zero-order chi connectivity index (χ0) is 16.3. The van der Waals surface area contributed by atoms with E-state index in [-0.39, 0.29) is 12.1 Å². The molecule has 0 bridgehead atoms. The summed E-state index contributed by atoms with van der Waals surface area (Å²) in [6.45, 7) is 5.07. The fourth-order valence-electron chi connectivity index (χ4n) is 1.56. The molecule has 0 atom stereocenters. The maximum Gasteiger partial charge on any atom is 0.245 e. The van der Waals surface area contributed by atoms with E-state index in [1.54, 1.807) is 20.8 Å². The van der Waals surface area contributed by atoms with E-state index in [0.717, 1.165) is 6.07 Å². The Hall–Kier alpha value is -1.49. The molecule has 0 radical (unpaired) electrons. The molecular weight excluding hydrogens is 298 g/mol. The van der Waals surface area contributed by atoms with Crippen molar-refractivity contribution < 1.29 is 17.2 Å². The van der Waals surface area contributed by atoms with Crippen molar-refractivity contribution in [2.24, 2.45) is 5.73 Å². The van der Waals surface area contributed by atoms with Crippen molar-refractivity contribution in [2.45, 2.75) is 37.6 Å². The Bertz CT molecular complexity index is 689. The molecule has 0 aliphatic carbocycles. The van der Waals surface area contributed by atoms with Crippen molar-refractivity contribution in [2.75, 3.05) is 6.54 Å². The Morgan fingerprint density at radius 2 is 1.95 bits per heavy atom. The number of nitrogens with one attached hydrogen (secondary N) is 1. The Morgan fingerprint density at radius 3 is 2.48 bits per heavy atom. The molecule has 1 rings (SSSR count). The van der Waals surface area contributed by atoms with Crippen molar-refractivity contribution in [3.05, 3.63) is 29.3 Å². The van der Waals surface area contributed by atoms with E-state index in [0.29, 0.717) is 12.5 Å². The van der Waals surface area contributed by atoms with Crippen LogP contribution in [0.4, 0.5) is 8.78 Å². The van der Waals surface area contributed by atoms with Gasteiger partial charge < -0.3 is 5.73 Å². The molecule has 0 saturated carbocycles. The van der Waals surface area contributed by atoms with Gasteiger partial charge in [-0.3, -0.25) is 0 Å². The molecule has 116 valence electrons. The highest BCUT2D eigenvalue weighted by Gasteiger charge is 2.29. The maximum atomic E-state index is 14.0. The lowest BCUT2D eigenvalue weighted by Gasteiger charge is -2.24. The summed E-state index contributed by atoms with van der Waals surface area (Å²) in [6, 6.07) is 1.39. The minimum atomic E-state index is -4.17. The highest BCUT2D eigenvalue weighted by Crippen LogP contribution is 2.23. The number of halogens is 2. The first-order valence-corrected chi connectivity index (χ1v) is 7.83. The molecule has 0 saturated heterocycles. The summed E-state index contributed by atoms with van der Waals surface area (Å²) in [5.41, 5.74) is 4.19. The second-order valence-electron chi connectivity index (χ2n) is 5.11. The number of sulfonamides is 1. The van der Waals surface area contributed by atoms with Gasteiger partial charge in [0.15, 0.2) is 0 Å². The molecule has 3 N–H and O–H groups in total. The summed E-state index contributed by atoms with van der Waals surface area (Å²) in [7, 11) is -4.17. The topological polar surface area (TPSA) is 72.2 Å². The Balaban J connectivity index is 3.48. The van der Waals surface area contributed by atoms with E-state index in [1.807, 2.05) is 0 Å². The molecule has 4 nitrogen and oxygen atoms in total. The van der Waals surface area contributed by atoms with E-state index in [9.17, 15) is 17.2 Å². The van der Waals surface area contributed by atoms with Crippen LogP contribution in [0.2, 0.25) is 0 Å². The van der Waals surface area contributed by atoms with Gasteiger partial charge in [-0.1, -0.05) is 18.8 Å². The van der Waals surface area contributed by atoms with E-state index >= 15 is 0 Å². The van der Waals surface area contributed by atoms with Gasteiger partial charge in [0.1, 0.15) is 16.5 Å². The lowest BCUT2D eigenvalue weighted by molar-refractivity contribution is 0.437. The second-order valence-corrected chi connectivity index (χ2v) is 6.73. The number of nitrogens with two attached hydrogens (primary N) is 1. The summed E-state index contributed by atoms with van der Waals surface area (Å²) in [5, 5.41) is 0. The monoisotopic (exact) mass is 316 g/mol. The maximum absolute atomic E-state index is 14.0. The number of benzene rings is 1. The molecule has 1 aromatic rings. The minimum absolute atomic E-state index is 0.0501. The Morgan fingerprint density at radius 1 is 1.33 bits per heavy atom. The van der Waals surface area contributed by atoms with Crippen LogP contribution in [0.3, 0.4) is 0 Å². The van der Waals surface area contributed by atoms with Gasteiger partial charge in [0.25, 0.3) is 0 Å². The van der Waals surface area contributed by atoms with Crippen LogP contribution in [0.5, 0.6) is 0 Å². The molecule has 0 amide bonds. The van der Waals surface area contributed by atoms with Crippen molar-refractivity contribution >= 4 is 10.0 Å². The van der Waals surface area contributed by atoms with Crippen LogP contribution in [0.25, 0.3) is 0 Å². The predicted octanol–water partition coefficient (Wildman–Crippen LogP) is 1.74. The zero-order valence-corrected chi connectivity index (χ0v) is 12.9. The summed E-state index contributed by atoms with van der Waals surface area (Å²) >= 11 is 0. The Kier molecular flexibility index (Phi) is 5.45. The zero-order valence-electron chi connectivity index (χ0n) is 12.1. The van der Waals surface area contributed by atoms with Crippen LogP contribution in [0, 0.1) is 23.5 Å². The van der Waals surface area contributed by atoms with Crippen LogP contribution in [0.15, 0.2) is 17.0 Å². The SMILES string of the molecule is CCC(C)(C)NS(=O)(=O)c1c(F)cc(F)cc1C#CCN. The third kappa shape index (κ3) is 4.49. The normalized spacial score (nSPS) is 11.9. The van der Waals surface area contributed by atoms with Gasteiger partial charge in [0.2, 0.25) is 10.0 Å². The van der Waals surface area contributed by atoms with Gasteiger partial charge >= 0.3 is 0 Å². The van der Waals surface area contributed by atoms with Gasteiger partial charge in [-0.15, -0.1) is 0 Å². The molecular formula is C14H18F2N2O2S. The molecule has 0 aliphatic rings. The number of rotatable bonds is 4. The largest absolute Gasteiger partial charge is 0.320 e. The van der Waals surface area contributed by atoms with E-state index in [1.165, 1.54) is 0 Å². The Labute approximate surface area is 123 Å². The van der Waals surface area contributed by atoms with Gasteiger partial charge in [0, 0.05) is 11.6 Å². The van der Waals surface area contributed by atoms with Crippen LogP contribution < -0.4 is 10.5 Å². The van der Waals surface area contributed by atoms with Crippen molar-refractivity contribution in [3.63, 3.8) is 0 Å². The molecule has 0 fully saturated rings. The smallest absolute Gasteiger partial charge is 0.245 e. The standard InChI is InChI=1S/C14H18F2N2O2S/c1-4-14(2,3)18-21(19,20)13-10(6-5-7-17)8-11(15)9-12(13)16/h8-9,18H,4,7,17H2,1-3H3. The quantitative estimate of drug-likeness (QED) is 0.831. The summed E-state index contributed by atoms with van der Waals surface area (Å²) < 4.78 is 54.3. The number of hydrogen-bond acceptors (Lipinski definition) is 3. The third-order valence-corrected chi connectivity index (χ3v) is 4.67. The first kappa shape index (κ1) is 17.6. The average molecular weight is 316 g/mol. The van der Waals surface area contributed by atoms with Gasteiger partial charge in [-0.2, -0.15) is 0 Å². The van der Waals surface area contributed by atoms with E-state index in [4.69, 9.17) is 5.73 Å². The minimum Gasteiger partial charge on any atom is -0.320 e. The number of hydrogen-bond donors (Lipinski definition) is 2. The van der Waals surface area contributed by atoms with Crippen molar-refractivity contribution in [1.29, 1.82) is 0 Å². The van der Waals surface area contributed by atoms with Gasteiger partial charge in [-0.05, 0) is 26.3 Å². The van der Waals surface area contributed by atoms with Crippen LogP contribution in [0.1, 0.15) is 32.8 Å². The highest BCUT2D eigenvalue weighted by molar-refractivity contribution is 7.89. The third-order valence-electron chi connectivity index (χ3n) is 2.90.